The molecule has 0 spiro atoms. The molecule has 3 nitrogen and oxygen atoms in total. The van der Waals surface area contributed by atoms with Crippen LogP contribution in [0.3, 0.4) is 0 Å². The molecular weight excluding hydrogens is 310 g/mol. The van der Waals surface area contributed by atoms with Gasteiger partial charge in [0.25, 0.3) is 0 Å². The van der Waals surface area contributed by atoms with Gasteiger partial charge in [0, 0.05) is 23.2 Å². The first-order valence-corrected chi connectivity index (χ1v) is 8.03. The predicted octanol–water partition coefficient (Wildman–Crippen LogP) is 4.52. The lowest BCUT2D eigenvalue weighted by Gasteiger charge is -2.10. The van der Waals surface area contributed by atoms with Crippen LogP contribution in [-0.4, -0.2) is 17.4 Å². The van der Waals surface area contributed by atoms with Gasteiger partial charge >= 0.3 is 0 Å². The summed E-state index contributed by atoms with van der Waals surface area (Å²) < 4.78 is 0. The van der Waals surface area contributed by atoms with Crippen molar-refractivity contribution in [1.82, 2.24) is 0 Å². The van der Waals surface area contributed by atoms with E-state index in [1.807, 2.05) is 42.5 Å². The van der Waals surface area contributed by atoms with Crippen molar-refractivity contribution in [2.45, 2.75) is 12.8 Å². The minimum absolute atomic E-state index is 0.00837. The topological polar surface area (TPSA) is 49.3 Å². The van der Waals surface area contributed by atoms with Crippen molar-refractivity contribution in [1.29, 1.82) is 0 Å². The molecule has 0 unspecified atom stereocenters. The number of nitrogens with one attached hydrogen (secondary N) is 1. The fraction of sp³-hybridized carbons (Fsp3) is 0.211. The summed E-state index contributed by atoms with van der Waals surface area (Å²) in [4.78, 5) is 12.5. The van der Waals surface area contributed by atoms with E-state index in [0.717, 1.165) is 29.7 Å². The van der Waals surface area contributed by atoms with E-state index in [-0.39, 0.29) is 17.5 Å². The molecule has 2 N–H and O–H groups in total. The highest BCUT2D eigenvalue weighted by Crippen LogP contribution is 2.29. The van der Waals surface area contributed by atoms with Crippen molar-refractivity contribution in [3.63, 3.8) is 0 Å². The third-order valence-electron chi connectivity index (χ3n) is 4.08. The van der Waals surface area contributed by atoms with E-state index >= 15 is 0 Å². The van der Waals surface area contributed by atoms with Crippen molar-refractivity contribution < 1.29 is 9.90 Å². The Morgan fingerprint density at radius 2 is 1.83 bits per heavy atom. The number of Topliss-reactive ketones (excluding diaryl/α,β-unsaturated/α-hetero) is 1. The summed E-state index contributed by atoms with van der Waals surface area (Å²) in [5.41, 5.74) is 2.77. The van der Waals surface area contributed by atoms with Gasteiger partial charge in [-0.25, -0.2) is 0 Å². The summed E-state index contributed by atoms with van der Waals surface area (Å²) in [6, 6.07) is 14.4. The maximum absolute atomic E-state index is 12.5. The number of allylic oxidation sites excluding steroid dienone is 1. The highest BCUT2D eigenvalue weighted by molar-refractivity contribution is 6.30. The number of rotatable bonds is 4. The summed E-state index contributed by atoms with van der Waals surface area (Å²) in [5, 5.41) is 13.3. The molecule has 1 saturated carbocycles. The average molecular weight is 328 g/mol. The summed E-state index contributed by atoms with van der Waals surface area (Å²) in [5.74, 6) is 0.448. The number of benzene rings is 2. The van der Waals surface area contributed by atoms with Gasteiger partial charge in [0.1, 0.15) is 5.75 Å². The van der Waals surface area contributed by atoms with Gasteiger partial charge in [-0.3, -0.25) is 4.79 Å². The Hall–Kier alpha value is -2.26. The Balaban J connectivity index is 1.62. The maximum Gasteiger partial charge on any atom is 0.163 e. The van der Waals surface area contributed by atoms with E-state index in [1.165, 1.54) is 0 Å². The highest BCUT2D eigenvalue weighted by Gasteiger charge is 2.28. The lowest BCUT2D eigenvalue weighted by molar-refractivity contribution is -0.117. The normalized spacial score (nSPS) is 19.3. The number of carbonyl (C=O) groups is 1. The minimum Gasteiger partial charge on any atom is -0.508 e. The molecule has 1 fully saturated rings. The standard InChI is InChI=1S/C19H18ClNO2/c20-16-5-7-17(8-6-16)21-12-15-4-3-14(19(15)23)11-13-1-9-18(22)10-2-13/h1-2,5-11,15,21-22H,3-4,12H2/b14-11+/t15-/m1/s1. The van der Waals surface area contributed by atoms with E-state index in [1.54, 1.807) is 12.1 Å². The number of phenols is 1. The fourth-order valence-electron chi connectivity index (χ4n) is 2.76. The van der Waals surface area contributed by atoms with E-state index < -0.39 is 0 Å². The molecule has 2 aromatic carbocycles. The Morgan fingerprint density at radius 1 is 1.13 bits per heavy atom. The second kappa shape index (κ2) is 6.88. The van der Waals surface area contributed by atoms with E-state index in [0.29, 0.717) is 11.6 Å². The molecule has 0 saturated heterocycles. The van der Waals surface area contributed by atoms with Crippen molar-refractivity contribution in [3.05, 3.63) is 64.7 Å². The summed E-state index contributed by atoms with van der Waals surface area (Å²) in [7, 11) is 0. The molecule has 118 valence electrons. The molecule has 1 aliphatic carbocycles. The van der Waals surface area contributed by atoms with Crippen LogP contribution >= 0.6 is 11.6 Å². The number of hydrogen-bond donors (Lipinski definition) is 2. The van der Waals surface area contributed by atoms with Crippen LogP contribution in [0.1, 0.15) is 18.4 Å². The van der Waals surface area contributed by atoms with Crippen LogP contribution in [0, 0.1) is 5.92 Å². The lowest BCUT2D eigenvalue weighted by atomic mass is 10.0. The summed E-state index contributed by atoms with van der Waals surface area (Å²) in [6.07, 6.45) is 3.58. The molecule has 0 radical (unpaired) electrons. The number of carbonyl (C=O) groups excluding carboxylic acids is 1. The van der Waals surface area contributed by atoms with E-state index in [9.17, 15) is 9.90 Å². The summed E-state index contributed by atoms with van der Waals surface area (Å²) in [6.45, 7) is 0.632. The van der Waals surface area contributed by atoms with Crippen LogP contribution in [0.25, 0.3) is 6.08 Å². The van der Waals surface area contributed by atoms with Crippen LogP contribution in [0.5, 0.6) is 5.75 Å². The quantitative estimate of drug-likeness (QED) is 0.812. The van der Waals surface area contributed by atoms with Gasteiger partial charge in [0.15, 0.2) is 5.78 Å². The zero-order valence-electron chi connectivity index (χ0n) is 12.6. The lowest BCUT2D eigenvalue weighted by Crippen LogP contribution is -2.18. The first kappa shape index (κ1) is 15.6. The third-order valence-corrected chi connectivity index (χ3v) is 4.33. The zero-order valence-corrected chi connectivity index (χ0v) is 13.4. The molecule has 2 aromatic rings. The third kappa shape index (κ3) is 3.93. The van der Waals surface area contributed by atoms with E-state index in [4.69, 9.17) is 11.6 Å². The van der Waals surface area contributed by atoms with Crippen molar-refractivity contribution in [2.24, 2.45) is 5.92 Å². The second-order valence-corrected chi connectivity index (χ2v) is 6.19. The van der Waals surface area contributed by atoms with Crippen LogP contribution in [0.2, 0.25) is 5.02 Å². The first-order chi connectivity index (χ1) is 11.1. The van der Waals surface area contributed by atoms with Crippen LogP contribution in [-0.2, 0) is 4.79 Å². The molecule has 0 aliphatic heterocycles. The number of hydrogen-bond acceptors (Lipinski definition) is 3. The van der Waals surface area contributed by atoms with E-state index in [2.05, 4.69) is 5.32 Å². The number of halogens is 1. The van der Waals surface area contributed by atoms with Crippen LogP contribution in [0.4, 0.5) is 5.69 Å². The molecule has 0 bridgehead atoms. The van der Waals surface area contributed by atoms with Gasteiger partial charge in [0.05, 0.1) is 0 Å². The molecule has 23 heavy (non-hydrogen) atoms. The smallest absolute Gasteiger partial charge is 0.163 e. The van der Waals surface area contributed by atoms with Gasteiger partial charge in [-0.15, -0.1) is 0 Å². The zero-order chi connectivity index (χ0) is 16.2. The monoisotopic (exact) mass is 327 g/mol. The molecule has 0 aromatic heterocycles. The maximum atomic E-state index is 12.5. The van der Waals surface area contributed by atoms with Crippen molar-refractivity contribution >= 4 is 29.1 Å². The average Bonchev–Trinajstić information content (AvgIpc) is 2.90. The van der Waals surface area contributed by atoms with Gasteiger partial charge in [-0.05, 0) is 66.5 Å². The summed E-state index contributed by atoms with van der Waals surface area (Å²) >= 11 is 5.86. The SMILES string of the molecule is O=C1/C(=C/c2ccc(O)cc2)CC[C@@H]1CNc1ccc(Cl)cc1. The Morgan fingerprint density at radius 3 is 2.52 bits per heavy atom. The first-order valence-electron chi connectivity index (χ1n) is 7.65. The largest absolute Gasteiger partial charge is 0.508 e. The van der Waals surface area contributed by atoms with Crippen LogP contribution in [0.15, 0.2) is 54.1 Å². The van der Waals surface area contributed by atoms with Gasteiger partial charge in [-0.2, -0.15) is 0 Å². The van der Waals surface area contributed by atoms with Gasteiger partial charge in [-0.1, -0.05) is 23.7 Å². The van der Waals surface area contributed by atoms with Crippen LogP contribution < -0.4 is 5.32 Å². The molecule has 1 atom stereocenters. The predicted molar refractivity (Wildman–Crippen MR) is 93.8 cm³/mol. The molecule has 0 heterocycles. The molecule has 1 aliphatic rings. The number of ketones is 1. The number of anilines is 1. The Bertz CT molecular complexity index is 720. The second-order valence-electron chi connectivity index (χ2n) is 5.75. The molecular formula is C19H18ClNO2. The fourth-order valence-corrected chi connectivity index (χ4v) is 2.89. The minimum atomic E-state index is 0.00837. The van der Waals surface area contributed by atoms with Gasteiger partial charge < -0.3 is 10.4 Å². The molecule has 4 heteroatoms. The Kier molecular flexibility index (Phi) is 4.68. The highest BCUT2D eigenvalue weighted by atomic mass is 35.5. The number of phenolic OH excluding ortho intramolecular Hbond substituents is 1. The van der Waals surface area contributed by atoms with Crippen molar-refractivity contribution in [3.8, 4) is 5.75 Å². The molecule has 0 amide bonds. The Labute approximate surface area is 140 Å². The van der Waals surface area contributed by atoms with Crippen molar-refractivity contribution in [2.75, 3.05) is 11.9 Å². The number of aromatic hydroxyl groups is 1. The van der Waals surface area contributed by atoms with Gasteiger partial charge in [0.2, 0.25) is 0 Å². The molecule has 3 rings (SSSR count).